The summed E-state index contributed by atoms with van der Waals surface area (Å²) in [5.41, 5.74) is 12.0. The second-order valence-corrected chi connectivity index (χ2v) is 9.38. The summed E-state index contributed by atoms with van der Waals surface area (Å²) < 4.78 is 6.76. The fourth-order valence-corrected chi connectivity index (χ4v) is 4.82. The number of thiophene rings is 1. The molecule has 0 unspecified atom stereocenters. The Morgan fingerprint density at radius 3 is 2.91 bits per heavy atom. The van der Waals surface area contributed by atoms with Crippen LogP contribution in [0.3, 0.4) is 0 Å². The van der Waals surface area contributed by atoms with Crippen molar-refractivity contribution in [2.24, 2.45) is 5.10 Å². The molecule has 1 aromatic carbocycles. The van der Waals surface area contributed by atoms with E-state index in [1.54, 1.807) is 13.0 Å². The average Bonchev–Trinajstić information content (AvgIpc) is 3.57. The Bertz CT molecular complexity index is 1380. The number of nitrogens with one attached hydrogen (secondary N) is 1. The summed E-state index contributed by atoms with van der Waals surface area (Å²) in [6.07, 6.45) is 1.99. The molecule has 0 saturated heterocycles. The van der Waals surface area contributed by atoms with E-state index >= 15 is 0 Å². The SMILES string of the molecule is CC(=NNC(=O)c1nnn(-c2nonc2N)c1CN1CCCc2ccccc21)c1ccc(Cl)s1. The molecule has 3 aromatic heterocycles. The van der Waals surface area contributed by atoms with Gasteiger partial charge < -0.3 is 10.6 Å². The molecule has 1 aliphatic heterocycles. The average molecular weight is 498 g/mol. The molecular weight excluding hydrogens is 478 g/mol. The van der Waals surface area contributed by atoms with E-state index in [0.29, 0.717) is 22.3 Å². The van der Waals surface area contributed by atoms with Crippen LogP contribution in [0.5, 0.6) is 0 Å². The number of hydrogen-bond acceptors (Lipinski definition) is 10. The molecule has 4 heterocycles. The fourth-order valence-electron chi connectivity index (χ4n) is 3.84. The molecule has 0 bridgehead atoms. The molecule has 11 nitrogen and oxygen atoms in total. The van der Waals surface area contributed by atoms with E-state index in [1.807, 2.05) is 18.2 Å². The van der Waals surface area contributed by atoms with Gasteiger partial charge in [0.05, 0.1) is 27.2 Å². The third-order valence-electron chi connectivity index (χ3n) is 5.48. The van der Waals surface area contributed by atoms with Gasteiger partial charge in [0.1, 0.15) is 0 Å². The Hall–Kier alpha value is -3.77. The van der Waals surface area contributed by atoms with Crippen molar-refractivity contribution in [3.05, 3.63) is 62.6 Å². The highest BCUT2D eigenvalue weighted by atomic mass is 35.5. The number of aromatic nitrogens is 5. The summed E-state index contributed by atoms with van der Waals surface area (Å²) in [5, 5.41) is 19.9. The molecule has 174 valence electrons. The minimum absolute atomic E-state index is 0.0422. The van der Waals surface area contributed by atoms with E-state index in [4.69, 9.17) is 22.0 Å². The summed E-state index contributed by atoms with van der Waals surface area (Å²) in [7, 11) is 0. The highest BCUT2D eigenvalue weighted by Gasteiger charge is 2.27. The first-order chi connectivity index (χ1) is 16.5. The standard InChI is InChI=1S/C21H20ClN9O2S/c1-12(16-8-9-17(22)34-16)24-26-21(32)18-15(31(29-25-18)20-19(23)27-33-28-20)11-30-10-4-6-13-5-2-3-7-14(13)30/h2-3,5,7-9H,4,6,10-11H2,1H3,(H2,23,27)(H,26,32). The number of carbonyl (C=O) groups excluding carboxylic acids is 1. The molecule has 0 atom stereocenters. The molecule has 0 saturated carbocycles. The molecule has 1 aliphatic rings. The Balaban J connectivity index is 1.48. The van der Waals surface area contributed by atoms with E-state index in [-0.39, 0.29) is 17.3 Å². The van der Waals surface area contributed by atoms with Crippen molar-refractivity contribution in [3.8, 4) is 5.82 Å². The lowest BCUT2D eigenvalue weighted by Crippen LogP contribution is -2.31. The maximum atomic E-state index is 13.1. The highest BCUT2D eigenvalue weighted by molar-refractivity contribution is 7.18. The van der Waals surface area contributed by atoms with Crippen molar-refractivity contribution < 1.29 is 9.42 Å². The zero-order chi connectivity index (χ0) is 23.7. The smallest absolute Gasteiger partial charge is 0.293 e. The zero-order valence-electron chi connectivity index (χ0n) is 18.1. The molecule has 1 amide bonds. The van der Waals surface area contributed by atoms with Gasteiger partial charge >= 0.3 is 0 Å². The molecule has 0 spiro atoms. The summed E-state index contributed by atoms with van der Waals surface area (Å²) in [5.74, 6) is -0.302. The van der Waals surface area contributed by atoms with Gasteiger partial charge in [-0.25, -0.2) is 10.1 Å². The Morgan fingerprint density at radius 2 is 2.15 bits per heavy atom. The molecule has 0 aliphatic carbocycles. The first-order valence-electron chi connectivity index (χ1n) is 10.5. The van der Waals surface area contributed by atoms with E-state index in [0.717, 1.165) is 30.0 Å². The maximum absolute atomic E-state index is 13.1. The summed E-state index contributed by atoms with van der Waals surface area (Å²) in [6.45, 7) is 2.95. The van der Waals surface area contributed by atoms with Crippen LogP contribution in [0.15, 0.2) is 46.1 Å². The van der Waals surface area contributed by atoms with Gasteiger partial charge in [0.15, 0.2) is 5.69 Å². The van der Waals surface area contributed by atoms with E-state index in [9.17, 15) is 4.79 Å². The monoisotopic (exact) mass is 497 g/mol. The van der Waals surface area contributed by atoms with Crippen LogP contribution in [-0.4, -0.2) is 43.5 Å². The highest BCUT2D eigenvalue weighted by Crippen LogP contribution is 2.29. The number of rotatable bonds is 6. The third kappa shape index (κ3) is 4.24. The van der Waals surface area contributed by atoms with Gasteiger partial charge in [-0.15, -0.1) is 16.4 Å². The first kappa shape index (κ1) is 22.0. The first-order valence-corrected chi connectivity index (χ1v) is 11.7. The van der Waals surface area contributed by atoms with Gasteiger partial charge in [0.2, 0.25) is 11.6 Å². The number of anilines is 2. The number of benzene rings is 1. The second kappa shape index (κ2) is 9.23. The quantitative estimate of drug-likeness (QED) is 0.306. The summed E-state index contributed by atoms with van der Waals surface area (Å²) in [4.78, 5) is 16.1. The minimum Gasteiger partial charge on any atom is -0.378 e. The predicted octanol–water partition coefficient (Wildman–Crippen LogP) is 3.05. The van der Waals surface area contributed by atoms with Crippen LogP contribution < -0.4 is 16.1 Å². The second-order valence-electron chi connectivity index (χ2n) is 7.67. The van der Waals surface area contributed by atoms with Crippen LogP contribution in [0.4, 0.5) is 11.5 Å². The number of hydrogen-bond donors (Lipinski definition) is 2. The van der Waals surface area contributed by atoms with Crippen LogP contribution in [0.25, 0.3) is 5.82 Å². The van der Waals surface area contributed by atoms with Gasteiger partial charge in [0.25, 0.3) is 5.91 Å². The minimum atomic E-state index is -0.511. The number of aryl methyl sites for hydroxylation is 1. The van der Waals surface area contributed by atoms with E-state index < -0.39 is 5.91 Å². The predicted molar refractivity (Wildman–Crippen MR) is 128 cm³/mol. The number of nitrogen functional groups attached to an aromatic ring is 1. The van der Waals surface area contributed by atoms with Gasteiger partial charge in [-0.3, -0.25) is 4.79 Å². The summed E-state index contributed by atoms with van der Waals surface area (Å²) in [6, 6.07) is 11.8. The van der Waals surface area contributed by atoms with E-state index in [1.165, 1.54) is 21.6 Å². The number of hydrazone groups is 1. The van der Waals surface area contributed by atoms with Crippen LogP contribution >= 0.6 is 22.9 Å². The van der Waals surface area contributed by atoms with Crippen molar-refractivity contribution >= 4 is 46.1 Å². The van der Waals surface area contributed by atoms with Gasteiger partial charge in [-0.1, -0.05) is 35.0 Å². The van der Waals surface area contributed by atoms with Gasteiger partial charge in [0, 0.05) is 12.2 Å². The van der Waals surface area contributed by atoms with Crippen molar-refractivity contribution in [1.82, 2.24) is 30.7 Å². The lowest BCUT2D eigenvalue weighted by Gasteiger charge is -2.31. The molecule has 0 fully saturated rings. The van der Waals surface area contributed by atoms with E-state index in [2.05, 4.69) is 48.2 Å². The van der Waals surface area contributed by atoms with Crippen molar-refractivity contribution in [2.75, 3.05) is 17.2 Å². The Kier molecular flexibility index (Phi) is 5.99. The molecule has 13 heteroatoms. The normalized spacial score (nSPS) is 13.7. The van der Waals surface area contributed by atoms with Crippen LogP contribution in [0, 0.1) is 0 Å². The van der Waals surface area contributed by atoms with Crippen molar-refractivity contribution in [2.45, 2.75) is 26.3 Å². The van der Waals surface area contributed by atoms with Crippen LogP contribution in [0.2, 0.25) is 4.34 Å². The third-order valence-corrected chi connectivity index (χ3v) is 6.82. The topological polar surface area (TPSA) is 140 Å². The summed E-state index contributed by atoms with van der Waals surface area (Å²) >= 11 is 7.37. The van der Waals surface area contributed by atoms with Gasteiger partial charge in [-0.05, 0) is 53.8 Å². The lowest BCUT2D eigenvalue weighted by molar-refractivity contribution is 0.0948. The molecule has 0 radical (unpaired) electrons. The Labute approximate surface area is 203 Å². The molecule has 4 aromatic rings. The zero-order valence-corrected chi connectivity index (χ0v) is 19.7. The fraction of sp³-hybridized carbons (Fsp3) is 0.238. The molecular formula is C21H20ClN9O2S. The Morgan fingerprint density at radius 1 is 1.29 bits per heavy atom. The van der Waals surface area contributed by atoms with Crippen LogP contribution in [-0.2, 0) is 13.0 Å². The number of para-hydroxylation sites is 1. The molecule has 34 heavy (non-hydrogen) atoms. The molecule has 5 rings (SSSR count). The van der Waals surface area contributed by atoms with Crippen molar-refractivity contribution in [1.29, 1.82) is 0 Å². The number of amides is 1. The number of carbonyl (C=O) groups is 1. The largest absolute Gasteiger partial charge is 0.378 e. The number of fused-ring (bicyclic) bond motifs is 1. The molecule has 3 N–H and O–H groups in total. The van der Waals surface area contributed by atoms with Gasteiger partial charge in [-0.2, -0.15) is 9.78 Å². The lowest BCUT2D eigenvalue weighted by atomic mass is 10.0. The number of nitrogens with two attached hydrogens (primary N) is 1. The number of nitrogens with zero attached hydrogens (tertiary/aromatic N) is 7. The van der Waals surface area contributed by atoms with Crippen molar-refractivity contribution in [3.63, 3.8) is 0 Å². The maximum Gasteiger partial charge on any atom is 0.293 e. The number of halogens is 1. The van der Waals surface area contributed by atoms with Crippen LogP contribution in [0.1, 0.15) is 40.0 Å².